The van der Waals surface area contributed by atoms with E-state index in [1.807, 2.05) is 13.0 Å². The molecule has 1 unspecified atom stereocenters. The largest absolute Gasteiger partial charge is 0.493 e. The van der Waals surface area contributed by atoms with Gasteiger partial charge in [-0.25, -0.2) is 0 Å². The zero-order chi connectivity index (χ0) is 13.1. The van der Waals surface area contributed by atoms with Crippen LogP contribution in [0.15, 0.2) is 12.1 Å². The van der Waals surface area contributed by atoms with E-state index in [-0.39, 0.29) is 11.7 Å². The summed E-state index contributed by atoms with van der Waals surface area (Å²) in [7, 11) is 3.16. The molecule has 0 saturated carbocycles. The van der Waals surface area contributed by atoms with Crippen molar-refractivity contribution in [2.45, 2.75) is 13.3 Å². The van der Waals surface area contributed by atoms with E-state index in [2.05, 4.69) is 0 Å². The molecule has 0 N–H and O–H groups in total. The van der Waals surface area contributed by atoms with Crippen LogP contribution in [-0.4, -0.2) is 33.2 Å². The summed E-state index contributed by atoms with van der Waals surface area (Å²) in [5.74, 6) is 1.34. The summed E-state index contributed by atoms with van der Waals surface area (Å²) in [5.41, 5.74) is 1.60. The maximum atomic E-state index is 12.4. The van der Waals surface area contributed by atoms with E-state index >= 15 is 0 Å². The van der Waals surface area contributed by atoms with E-state index in [0.29, 0.717) is 30.3 Å². The lowest BCUT2D eigenvalue weighted by Gasteiger charge is -2.14. The minimum Gasteiger partial charge on any atom is -0.493 e. The number of Topliss-reactive ketones (excluding diaryl/α,β-unsaturated/α-hetero) is 1. The van der Waals surface area contributed by atoms with Crippen LogP contribution >= 0.6 is 0 Å². The predicted molar refractivity (Wildman–Crippen MR) is 67.5 cm³/mol. The third kappa shape index (κ3) is 2.34. The van der Waals surface area contributed by atoms with Crippen molar-refractivity contribution in [3.8, 4) is 11.5 Å². The van der Waals surface area contributed by atoms with Crippen molar-refractivity contribution in [3.05, 3.63) is 23.3 Å². The Balaban J connectivity index is 2.34. The summed E-state index contributed by atoms with van der Waals surface area (Å²) in [6.07, 6.45) is 0.798. The van der Waals surface area contributed by atoms with E-state index in [0.717, 1.165) is 12.0 Å². The Kier molecular flexibility index (Phi) is 3.87. The molecule has 4 heteroatoms. The second-order valence-corrected chi connectivity index (χ2v) is 4.45. The Bertz CT molecular complexity index is 447. The van der Waals surface area contributed by atoms with Crippen LogP contribution in [0.5, 0.6) is 11.5 Å². The fourth-order valence-corrected chi connectivity index (χ4v) is 2.21. The highest BCUT2D eigenvalue weighted by Crippen LogP contribution is 2.32. The third-order valence-corrected chi connectivity index (χ3v) is 3.30. The van der Waals surface area contributed by atoms with Crippen LogP contribution in [-0.2, 0) is 4.74 Å². The number of carbonyl (C=O) groups excluding carboxylic acids is 1. The van der Waals surface area contributed by atoms with Crippen molar-refractivity contribution in [2.75, 3.05) is 27.4 Å². The molecule has 0 spiro atoms. The van der Waals surface area contributed by atoms with Crippen molar-refractivity contribution in [3.63, 3.8) is 0 Å². The Hall–Kier alpha value is -1.55. The average Bonchev–Trinajstić information content (AvgIpc) is 2.91. The van der Waals surface area contributed by atoms with Crippen LogP contribution in [0, 0.1) is 12.8 Å². The Morgan fingerprint density at radius 3 is 2.50 bits per heavy atom. The number of methoxy groups -OCH3 is 2. The monoisotopic (exact) mass is 250 g/mol. The van der Waals surface area contributed by atoms with Crippen molar-refractivity contribution in [1.82, 2.24) is 0 Å². The first-order chi connectivity index (χ1) is 8.67. The van der Waals surface area contributed by atoms with Gasteiger partial charge in [0.15, 0.2) is 17.3 Å². The maximum Gasteiger partial charge on any atom is 0.168 e. The van der Waals surface area contributed by atoms with Gasteiger partial charge in [0.05, 0.1) is 20.8 Å². The number of hydrogen-bond donors (Lipinski definition) is 0. The highest BCUT2D eigenvalue weighted by molar-refractivity contribution is 6.00. The van der Waals surface area contributed by atoms with E-state index in [1.165, 1.54) is 0 Å². The van der Waals surface area contributed by atoms with Gasteiger partial charge in [0, 0.05) is 18.1 Å². The molecule has 1 saturated heterocycles. The summed E-state index contributed by atoms with van der Waals surface area (Å²) in [6, 6.07) is 3.59. The second-order valence-electron chi connectivity index (χ2n) is 4.45. The van der Waals surface area contributed by atoms with Gasteiger partial charge in [-0.3, -0.25) is 4.79 Å². The van der Waals surface area contributed by atoms with Crippen molar-refractivity contribution >= 4 is 5.78 Å². The molecule has 0 bridgehead atoms. The van der Waals surface area contributed by atoms with E-state index in [1.54, 1.807) is 20.3 Å². The summed E-state index contributed by atoms with van der Waals surface area (Å²) in [6.45, 7) is 3.10. The van der Waals surface area contributed by atoms with Gasteiger partial charge in [-0.1, -0.05) is 0 Å². The first-order valence-corrected chi connectivity index (χ1v) is 6.02. The lowest BCUT2D eigenvalue weighted by atomic mass is 9.93. The zero-order valence-electron chi connectivity index (χ0n) is 11.0. The summed E-state index contributed by atoms with van der Waals surface area (Å²) in [4.78, 5) is 12.4. The maximum absolute atomic E-state index is 12.4. The molecule has 18 heavy (non-hydrogen) atoms. The SMILES string of the molecule is COc1cc(C)c(C(=O)C2CCOC2)cc1OC. The van der Waals surface area contributed by atoms with Crippen LogP contribution < -0.4 is 9.47 Å². The highest BCUT2D eigenvalue weighted by atomic mass is 16.5. The van der Waals surface area contributed by atoms with Crippen molar-refractivity contribution in [1.29, 1.82) is 0 Å². The molecule has 4 nitrogen and oxygen atoms in total. The molecule has 98 valence electrons. The number of hydrogen-bond acceptors (Lipinski definition) is 4. The molecule has 1 aromatic rings. The van der Waals surface area contributed by atoms with Gasteiger partial charge in [0.2, 0.25) is 0 Å². The smallest absolute Gasteiger partial charge is 0.168 e. The number of rotatable bonds is 4. The van der Waals surface area contributed by atoms with Crippen LogP contribution in [0.1, 0.15) is 22.3 Å². The topological polar surface area (TPSA) is 44.8 Å². The normalized spacial score (nSPS) is 18.7. The third-order valence-electron chi connectivity index (χ3n) is 3.30. The van der Waals surface area contributed by atoms with Crippen molar-refractivity contribution in [2.24, 2.45) is 5.92 Å². The van der Waals surface area contributed by atoms with Crippen LogP contribution in [0.3, 0.4) is 0 Å². The van der Waals surface area contributed by atoms with Crippen LogP contribution in [0.4, 0.5) is 0 Å². The van der Waals surface area contributed by atoms with Crippen LogP contribution in [0.25, 0.3) is 0 Å². The number of aryl methyl sites for hydroxylation is 1. The molecule has 1 aliphatic heterocycles. The lowest BCUT2D eigenvalue weighted by Crippen LogP contribution is -2.16. The molecule has 0 aliphatic carbocycles. The molecule has 0 amide bonds. The van der Waals surface area contributed by atoms with Gasteiger partial charge in [-0.15, -0.1) is 0 Å². The summed E-state index contributed by atoms with van der Waals surface area (Å²) in [5, 5.41) is 0. The summed E-state index contributed by atoms with van der Waals surface area (Å²) < 4.78 is 15.7. The fraction of sp³-hybridized carbons (Fsp3) is 0.500. The highest BCUT2D eigenvalue weighted by Gasteiger charge is 2.26. The van der Waals surface area contributed by atoms with Gasteiger partial charge in [0.1, 0.15) is 0 Å². The van der Waals surface area contributed by atoms with Crippen molar-refractivity contribution < 1.29 is 19.0 Å². The molecule has 1 heterocycles. The second kappa shape index (κ2) is 5.40. The Morgan fingerprint density at radius 1 is 1.28 bits per heavy atom. The molecule has 1 fully saturated rings. The number of carbonyl (C=O) groups is 1. The molecular weight excluding hydrogens is 232 g/mol. The van der Waals surface area contributed by atoms with Crippen LogP contribution in [0.2, 0.25) is 0 Å². The van der Waals surface area contributed by atoms with Gasteiger partial charge < -0.3 is 14.2 Å². The quantitative estimate of drug-likeness (QED) is 0.769. The van der Waals surface area contributed by atoms with Gasteiger partial charge in [0.25, 0.3) is 0 Å². The van der Waals surface area contributed by atoms with E-state index in [4.69, 9.17) is 14.2 Å². The molecule has 1 aliphatic rings. The molecule has 2 rings (SSSR count). The predicted octanol–water partition coefficient (Wildman–Crippen LogP) is 2.23. The molecule has 1 aromatic carbocycles. The number of ether oxygens (including phenoxy) is 3. The average molecular weight is 250 g/mol. The Labute approximate surface area is 107 Å². The lowest BCUT2D eigenvalue weighted by molar-refractivity contribution is 0.0899. The molecule has 1 atom stereocenters. The molecule has 0 radical (unpaired) electrons. The van der Waals surface area contributed by atoms with Gasteiger partial charge in [-0.05, 0) is 31.0 Å². The Morgan fingerprint density at radius 2 is 1.94 bits per heavy atom. The molecule has 0 aromatic heterocycles. The van der Waals surface area contributed by atoms with E-state index < -0.39 is 0 Å². The fourth-order valence-electron chi connectivity index (χ4n) is 2.21. The number of benzene rings is 1. The minimum absolute atomic E-state index is 0.0261. The first-order valence-electron chi connectivity index (χ1n) is 6.02. The zero-order valence-corrected chi connectivity index (χ0v) is 11.0. The van der Waals surface area contributed by atoms with Gasteiger partial charge >= 0.3 is 0 Å². The molecular formula is C14H18O4. The standard InChI is InChI=1S/C14H18O4/c1-9-6-12(16-2)13(17-3)7-11(9)14(15)10-4-5-18-8-10/h6-7,10H,4-5,8H2,1-3H3. The minimum atomic E-state index is -0.0261. The summed E-state index contributed by atoms with van der Waals surface area (Å²) >= 11 is 0. The first kappa shape index (κ1) is 12.9. The number of ketones is 1. The van der Waals surface area contributed by atoms with Gasteiger partial charge in [-0.2, -0.15) is 0 Å². The van der Waals surface area contributed by atoms with E-state index in [9.17, 15) is 4.79 Å².